The van der Waals surface area contributed by atoms with Crippen LogP contribution in [0.5, 0.6) is 0 Å². The van der Waals surface area contributed by atoms with Gasteiger partial charge in [-0.15, -0.1) is 12.4 Å². The van der Waals surface area contributed by atoms with Gasteiger partial charge in [0.05, 0.1) is 18.2 Å². The van der Waals surface area contributed by atoms with Crippen LogP contribution in [0.3, 0.4) is 0 Å². The van der Waals surface area contributed by atoms with Crippen LogP contribution in [-0.4, -0.2) is 18.7 Å². The number of benzene rings is 1. The maximum atomic E-state index is 13.6. The van der Waals surface area contributed by atoms with Crippen molar-refractivity contribution in [1.29, 1.82) is 0 Å². The monoisotopic (exact) mass is 333 g/mol. The average molecular weight is 334 g/mol. The molecule has 0 heterocycles. The highest BCUT2D eigenvalue weighted by Gasteiger charge is 2.34. The normalized spacial score (nSPS) is 14.0. The van der Waals surface area contributed by atoms with Gasteiger partial charge in [0.15, 0.2) is 0 Å². The molecule has 9 heteroatoms. The third kappa shape index (κ3) is 5.13. The number of alkyl halides is 4. The highest BCUT2D eigenvalue weighted by atomic mass is 35.5. The van der Waals surface area contributed by atoms with Crippen molar-refractivity contribution >= 4 is 18.4 Å². The quantitative estimate of drug-likeness (QED) is 0.680. The molecular weight excluding hydrogens is 321 g/mol. The van der Waals surface area contributed by atoms with E-state index in [0.717, 1.165) is 0 Å². The first-order valence-corrected chi connectivity index (χ1v) is 5.60. The fourth-order valence-corrected chi connectivity index (χ4v) is 1.51. The number of halogens is 6. The highest BCUT2D eigenvalue weighted by molar-refractivity contribution is 5.85. The van der Waals surface area contributed by atoms with Gasteiger partial charge in [0.2, 0.25) is 6.17 Å². The lowest BCUT2D eigenvalue weighted by Gasteiger charge is -2.17. The van der Waals surface area contributed by atoms with Gasteiger partial charge < -0.3 is 10.5 Å². The predicted molar refractivity (Wildman–Crippen MR) is 67.1 cm³/mol. The van der Waals surface area contributed by atoms with E-state index in [1.807, 2.05) is 0 Å². The lowest BCUT2D eigenvalue weighted by Crippen LogP contribution is -2.31. The second-order valence-corrected chi connectivity index (χ2v) is 3.95. The van der Waals surface area contributed by atoms with E-state index in [-0.39, 0.29) is 25.1 Å². The van der Waals surface area contributed by atoms with Gasteiger partial charge in [0.1, 0.15) is 5.82 Å². The summed E-state index contributed by atoms with van der Waals surface area (Å²) in [6.07, 6.45) is -7.18. The molecule has 0 saturated heterocycles. The summed E-state index contributed by atoms with van der Waals surface area (Å²) in [5, 5.41) is 0. The van der Waals surface area contributed by atoms with Crippen molar-refractivity contribution in [3.05, 3.63) is 35.1 Å². The molecule has 0 saturated carbocycles. The van der Waals surface area contributed by atoms with Gasteiger partial charge in [-0.05, 0) is 30.7 Å². The Morgan fingerprint density at radius 2 is 1.90 bits per heavy atom. The summed E-state index contributed by atoms with van der Waals surface area (Å²) in [5.41, 5.74) is 3.56. The van der Waals surface area contributed by atoms with Crippen LogP contribution in [0.15, 0.2) is 18.2 Å². The summed E-state index contributed by atoms with van der Waals surface area (Å²) in [6.45, 7) is 1.32. The van der Waals surface area contributed by atoms with Crippen LogP contribution in [0.2, 0.25) is 0 Å². The standard InChI is InChI=1S/C12H12F5NO2.ClH/c1-2-20-11(19)9(14)10(18)6-3-7(12(15,16)17)5-8(13)4-6;/h3-5,9-10H,2,18H2,1H3;1H/t9?,10-;/m1./s1. The number of rotatable bonds is 4. The maximum absolute atomic E-state index is 13.6. The predicted octanol–water partition coefficient (Wildman–Crippen LogP) is 3.17. The summed E-state index contributed by atoms with van der Waals surface area (Å²) >= 11 is 0. The number of hydrogen-bond donors (Lipinski definition) is 1. The molecule has 0 amide bonds. The minimum Gasteiger partial charge on any atom is -0.464 e. The number of ether oxygens (including phenoxy) is 1. The molecule has 1 aromatic carbocycles. The number of hydrogen-bond acceptors (Lipinski definition) is 3. The van der Waals surface area contributed by atoms with Crippen LogP contribution in [0.25, 0.3) is 0 Å². The average Bonchev–Trinajstić information content (AvgIpc) is 2.35. The summed E-state index contributed by atoms with van der Waals surface area (Å²) < 4.78 is 68.6. The van der Waals surface area contributed by atoms with Crippen LogP contribution in [0, 0.1) is 5.82 Å². The Kier molecular flexibility index (Phi) is 7.05. The second-order valence-electron chi connectivity index (χ2n) is 3.95. The molecule has 0 spiro atoms. The smallest absolute Gasteiger partial charge is 0.416 e. The zero-order valence-electron chi connectivity index (χ0n) is 10.8. The van der Waals surface area contributed by atoms with Gasteiger partial charge in [0.25, 0.3) is 0 Å². The molecule has 0 radical (unpaired) electrons. The van der Waals surface area contributed by atoms with Gasteiger partial charge >= 0.3 is 12.1 Å². The first-order valence-electron chi connectivity index (χ1n) is 5.60. The van der Waals surface area contributed by atoms with E-state index in [0.29, 0.717) is 12.1 Å². The topological polar surface area (TPSA) is 52.3 Å². The van der Waals surface area contributed by atoms with E-state index < -0.39 is 41.3 Å². The first-order chi connectivity index (χ1) is 9.16. The summed E-state index contributed by atoms with van der Waals surface area (Å²) in [7, 11) is 0. The van der Waals surface area contributed by atoms with E-state index in [1.165, 1.54) is 6.92 Å². The molecule has 3 nitrogen and oxygen atoms in total. The number of carbonyl (C=O) groups is 1. The summed E-state index contributed by atoms with van der Waals surface area (Å²) in [4.78, 5) is 11.1. The molecule has 1 aromatic rings. The minimum absolute atomic E-state index is 0. The van der Waals surface area contributed by atoms with E-state index in [4.69, 9.17) is 5.73 Å². The fourth-order valence-electron chi connectivity index (χ4n) is 1.51. The lowest BCUT2D eigenvalue weighted by atomic mass is 10.0. The molecule has 0 aliphatic carbocycles. The van der Waals surface area contributed by atoms with Gasteiger partial charge in [-0.25, -0.2) is 13.6 Å². The van der Waals surface area contributed by atoms with Gasteiger partial charge in [-0.3, -0.25) is 0 Å². The van der Waals surface area contributed by atoms with Gasteiger partial charge in [0, 0.05) is 0 Å². The molecule has 0 fully saturated rings. The summed E-state index contributed by atoms with van der Waals surface area (Å²) in [5.74, 6) is -2.53. The fraction of sp³-hybridized carbons (Fsp3) is 0.417. The highest BCUT2D eigenvalue weighted by Crippen LogP contribution is 2.32. The molecule has 1 unspecified atom stereocenters. The van der Waals surface area contributed by atoms with Crippen molar-refractivity contribution in [2.45, 2.75) is 25.3 Å². The number of nitrogens with two attached hydrogens (primary N) is 1. The zero-order chi connectivity index (χ0) is 15.5. The molecule has 120 valence electrons. The van der Waals surface area contributed by atoms with Gasteiger partial charge in [-0.1, -0.05) is 0 Å². The van der Waals surface area contributed by atoms with Crippen molar-refractivity contribution in [2.24, 2.45) is 5.73 Å². The van der Waals surface area contributed by atoms with Crippen LogP contribution in [-0.2, 0) is 15.7 Å². The zero-order valence-corrected chi connectivity index (χ0v) is 11.6. The SMILES string of the molecule is CCOC(=O)C(F)[C@H](N)c1cc(F)cc(C(F)(F)F)c1.Cl. The largest absolute Gasteiger partial charge is 0.464 e. The Morgan fingerprint density at radius 3 is 2.38 bits per heavy atom. The number of esters is 1. The van der Waals surface area contributed by atoms with Crippen molar-refractivity contribution in [3.8, 4) is 0 Å². The molecule has 2 atom stereocenters. The van der Waals surface area contributed by atoms with Crippen molar-refractivity contribution < 1.29 is 31.5 Å². The van der Waals surface area contributed by atoms with Crippen LogP contribution in [0.1, 0.15) is 24.1 Å². The maximum Gasteiger partial charge on any atom is 0.416 e. The number of carbonyl (C=O) groups excluding carboxylic acids is 1. The van der Waals surface area contributed by atoms with E-state index in [9.17, 15) is 26.7 Å². The van der Waals surface area contributed by atoms with Crippen molar-refractivity contribution in [1.82, 2.24) is 0 Å². The minimum atomic E-state index is -4.80. The molecular formula is C12H13ClF5NO2. The van der Waals surface area contributed by atoms with E-state index >= 15 is 0 Å². The Morgan fingerprint density at radius 1 is 1.33 bits per heavy atom. The van der Waals surface area contributed by atoms with Crippen LogP contribution in [0.4, 0.5) is 22.0 Å². The third-order valence-corrected chi connectivity index (χ3v) is 2.46. The molecule has 0 aliphatic heterocycles. The van der Waals surface area contributed by atoms with Gasteiger partial charge in [-0.2, -0.15) is 13.2 Å². The Balaban J connectivity index is 0.00000400. The van der Waals surface area contributed by atoms with E-state index in [2.05, 4.69) is 4.74 Å². The molecule has 0 aromatic heterocycles. The first kappa shape index (κ1) is 19.6. The molecule has 21 heavy (non-hydrogen) atoms. The summed E-state index contributed by atoms with van der Waals surface area (Å²) in [6, 6.07) is -0.343. The lowest BCUT2D eigenvalue weighted by molar-refractivity contribution is -0.149. The van der Waals surface area contributed by atoms with Crippen molar-refractivity contribution in [2.75, 3.05) is 6.61 Å². The Bertz CT molecular complexity index is 495. The van der Waals surface area contributed by atoms with Crippen LogP contribution < -0.4 is 5.73 Å². The Labute approximate surface area is 123 Å². The third-order valence-electron chi connectivity index (χ3n) is 2.46. The Hall–Kier alpha value is -1.41. The van der Waals surface area contributed by atoms with E-state index in [1.54, 1.807) is 0 Å². The molecule has 0 aliphatic rings. The van der Waals surface area contributed by atoms with Crippen molar-refractivity contribution in [3.63, 3.8) is 0 Å². The molecule has 2 N–H and O–H groups in total. The molecule has 0 bridgehead atoms. The van der Waals surface area contributed by atoms with Crippen LogP contribution >= 0.6 is 12.4 Å². The second kappa shape index (κ2) is 7.56. The molecule has 1 rings (SSSR count).